The second-order valence-corrected chi connectivity index (χ2v) is 4.23. The first-order valence-electron chi connectivity index (χ1n) is 5.86. The van der Waals surface area contributed by atoms with E-state index >= 15 is 0 Å². The summed E-state index contributed by atoms with van der Waals surface area (Å²) in [5.74, 6) is 1.12. The first-order valence-corrected chi connectivity index (χ1v) is 5.86. The van der Waals surface area contributed by atoms with E-state index in [-0.39, 0.29) is 0 Å². The topological polar surface area (TPSA) is 47.0 Å². The lowest BCUT2D eigenvalue weighted by Crippen LogP contribution is -2.15. The molecule has 4 nitrogen and oxygen atoms in total. The Balaban J connectivity index is 2.43. The van der Waals surface area contributed by atoms with Crippen LogP contribution in [0.2, 0.25) is 0 Å². The second-order valence-electron chi connectivity index (χ2n) is 4.23. The van der Waals surface area contributed by atoms with Gasteiger partial charge in [-0.3, -0.25) is 4.98 Å². The largest absolute Gasteiger partial charge is 0.476 e. The van der Waals surface area contributed by atoms with E-state index in [0.717, 1.165) is 25.2 Å². The van der Waals surface area contributed by atoms with Crippen molar-refractivity contribution in [3.8, 4) is 5.88 Å². The number of ether oxygens (including phenoxy) is 1. The second kappa shape index (κ2) is 7.17. The van der Waals surface area contributed by atoms with Gasteiger partial charge in [0, 0.05) is 12.7 Å². The molecule has 4 heteroatoms. The summed E-state index contributed by atoms with van der Waals surface area (Å²) >= 11 is 0. The lowest BCUT2D eigenvalue weighted by Gasteiger charge is -2.08. The average Bonchev–Trinajstić information content (AvgIpc) is 2.27. The molecular formula is C12H21N3O. The predicted octanol–water partition coefficient (Wildman–Crippen LogP) is 2.01. The SMILES string of the molecule is CCCNCc1cncc(OCC(C)C)n1. The van der Waals surface area contributed by atoms with Crippen LogP contribution in [0.15, 0.2) is 12.4 Å². The highest BCUT2D eigenvalue weighted by molar-refractivity contribution is 5.08. The summed E-state index contributed by atoms with van der Waals surface area (Å²) in [7, 11) is 0. The minimum absolute atomic E-state index is 0.503. The third-order valence-electron chi connectivity index (χ3n) is 1.96. The van der Waals surface area contributed by atoms with Gasteiger partial charge in [0.25, 0.3) is 0 Å². The van der Waals surface area contributed by atoms with E-state index in [1.165, 1.54) is 0 Å². The Hall–Kier alpha value is -1.16. The fourth-order valence-corrected chi connectivity index (χ4v) is 1.19. The molecule has 1 N–H and O–H groups in total. The highest BCUT2D eigenvalue weighted by Crippen LogP contribution is 2.06. The predicted molar refractivity (Wildman–Crippen MR) is 64.4 cm³/mol. The Morgan fingerprint density at radius 3 is 2.88 bits per heavy atom. The zero-order valence-electron chi connectivity index (χ0n) is 10.4. The molecule has 0 atom stereocenters. The number of aromatic nitrogens is 2. The summed E-state index contributed by atoms with van der Waals surface area (Å²) in [6, 6.07) is 0. The minimum Gasteiger partial charge on any atom is -0.476 e. The van der Waals surface area contributed by atoms with E-state index in [0.29, 0.717) is 18.4 Å². The van der Waals surface area contributed by atoms with Gasteiger partial charge in [0.1, 0.15) is 0 Å². The Morgan fingerprint density at radius 1 is 1.38 bits per heavy atom. The third-order valence-corrected chi connectivity index (χ3v) is 1.96. The number of hydrogen-bond acceptors (Lipinski definition) is 4. The zero-order valence-corrected chi connectivity index (χ0v) is 10.4. The molecule has 0 saturated carbocycles. The molecule has 0 spiro atoms. The van der Waals surface area contributed by atoms with Crippen molar-refractivity contribution in [3.63, 3.8) is 0 Å². The molecule has 90 valence electrons. The first-order chi connectivity index (χ1) is 7.72. The van der Waals surface area contributed by atoms with Gasteiger partial charge >= 0.3 is 0 Å². The highest BCUT2D eigenvalue weighted by Gasteiger charge is 2.01. The number of hydrogen-bond donors (Lipinski definition) is 1. The Bertz CT molecular complexity index is 302. The minimum atomic E-state index is 0.503. The molecule has 1 aromatic heterocycles. The lowest BCUT2D eigenvalue weighted by atomic mass is 10.2. The molecule has 0 saturated heterocycles. The molecule has 0 bridgehead atoms. The average molecular weight is 223 g/mol. The monoisotopic (exact) mass is 223 g/mol. The van der Waals surface area contributed by atoms with Gasteiger partial charge in [0.15, 0.2) is 0 Å². The van der Waals surface area contributed by atoms with Gasteiger partial charge in [-0.25, -0.2) is 4.98 Å². The maximum absolute atomic E-state index is 5.51. The first kappa shape index (κ1) is 12.9. The van der Waals surface area contributed by atoms with Crippen molar-refractivity contribution in [2.75, 3.05) is 13.2 Å². The van der Waals surface area contributed by atoms with Gasteiger partial charge in [-0.05, 0) is 18.9 Å². The molecule has 0 unspecified atom stereocenters. The fraction of sp³-hybridized carbons (Fsp3) is 0.667. The van der Waals surface area contributed by atoms with E-state index in [4.69, 9.17) is 4.74 Å². The van der Waals surface area contributed by atoms with E-state index < -0.39 is 0 Å². The summed E-state index contributed by atoms with van der Waals surface area (Å²) in [5, 5.41) is 3.29. The Kier molecular flexibility index (Phi) is 5.78. The molecular weight excluding hydrogens is 202 g/mol. The molecule has 0 radical (unpaired) electrons. The zero-order chi connectivity index (χ0) is 11.8. The number of nitrogens with one attached hydrogen (secondary N) is 1. The summed E-state index contributed by atoms with van der Waals surface area (Å²) < 4.78 is 5.51. The van der Waals surface area contributed by atoms with Crippen LogP contribution in [0.5, 0.6) is 5.88 Å². The molecule has 0 aliphatic heterocycles. The van der Waals surface area contributed by atoms with Gasteiger partial charge < -0.3 is 10.1 Å². The van der Waals surface area contributed by atoms with Gasteiger partial charge in [-0.1, -0.05) is 20.8 Å². The van der Waals surface area contributed by atoms with Crippen molar-refractivity contribution in [3.05, 3.63) is 18.1 Å². The van der Waals surface area contributed by atoms with Crippen molar-refractivity contribution in [2.24, 2.45) is 5.92 Å². The summed E-state index contributed by atoms with van der Waals surface area (Å²) in [6.45, 7) is 8.79. The summed E-state index contributed by atoms with van der Waals surface area (Å²) in [4.78, 5) is 8.48. The van der Waals surface area contributed by atoms with E-state index in [1.807, 2.05) is 0 Å². The van der Waals surface area contributed by atoms with Crippen molar-refractivity contribution >= 4 is 0 Å². The summed E-state index contributed by atoms with van der Waals surface area (Å²) in [6.07, 6.45) is 4.55. The van der Waals surface area contributed by atoms with Crippen LogP contribution in [0, 0.1) is 5.92 Å². The maximum atomic E-state index is 5.51. The van der Waals surface area contributed by atoms with Crippen molar-refractivity contribution < 1.29 is 4.74 Å². The molecule has 1 rings (SSSR count). The van der Waals surface area contributed by atoms with Gasteiger partial charge in [0.05, 0.1) is 18.5 Å². The lowest BCUT2D eigenvalue weighted by molar-refractivity contribution is 0.259. The van der Waals surface area contributed by atoms with Gasteiger partial charge in [-0.15, -0.1) is 0 Å². The quantitative estimate of drug-likeness (QED) is 0.718. The summed E-state index contributed by atoms with van der Waals surface area (Å²) in [5.41, 5.74) is 0.926. The maximum Gasteiger partial charge on any atom is 0.232 e. The van der Waals surface area contributed by atoms with Crippen LogP contribution in [0.3, 0.4) is 0 Å². The van der Waals surface area contributed by atoms with Crippen LogP contribution < -0.4 is 10.1 Å². The molecule has 0 aliphatic rings. The van der Waals surface area contributed by atoms with Crippen molar-refractivity contribution in [1.29, 1.82) is 0 Å². The number of rotatable bonds is 7. The van der Waals surface area contributed by atoms with Crippen molar-refractivity contribution in [1.82, 2.24) is 15.3 Å². The number of nitrogens with zero attached hydrogens (tertiary/aromatic N) is 2. The Morgan fingerprint density at radius 2 is 2.19 bits per heavy atom. The fourth-order valence-electron chi connectivity index (χ4n) is 1.19. The van der Waals surface area contributed by atoms with Crippen molar-refractivity contribution in [2.45, 2.75) is 33.7 Å². The van der Waals surface area contributed by atoms with Gasteiger partial charge in [0.2, 0.25) is 5.88 Å². The van der Waals surface area contributed by atoms with Crippen LogP contribution in [0.1, 0.15) is 32.9 Å². The molecule has 0 aromatic carbocycles. The Labute approximate surface area is 97.5 Å². The van der Waals surface area contributed by atoms with E-state index in [2.05, 4.69) is 36.1 Å². The molecule has 1 heterocycles. The van der Waals surface area contributed by atoms with E-state index in [9.17, 15) is 0 Å². The van der Waals surface area contributed by atoms with Crippen LogP contribution in [-0.4, -0.2) is 23.1 Å². The smallest absolute Gasteiger partial charge is 0.232 e. The van der Waals surface area contributed by atoms with Crippen LogP contribution in [0.25, 0.3) is 0 Å². The molecule has 0 amide bonds. The normalized spacial score (nSPS) is 10.8. The van der Waals surface area contributed by atoms with Crippen LogP contribution >= 0.6 is 0 Å². The van der Waals surface area contributed by atoms with Gasteiger partial charge in [-0.2, -0.15) is 0 Å². The van der Waals surface area contributed by atoms with E-state index in [1.54, 1.807) is 12.4 Å². The van der Waals surface area contributed by atoms with Crippen LogP contribution in [0.4, 0.5) is 0 Å². The molecule has 0 fully saturated rings. The highest BCUT2D eigenvalue weighted by atomic mass is 16.5. The molecule has 16 heavy (non-hydrogen) atoms. The third kappa shape index (κ3) is 5.07. The molecule has 0 aliphatic carbocycles. The van der Waals surface area contributed by atoms with Crippen LogP contribution in [-0.2, 0) is 6.54 Å². The molecule has 1 aromatic rings. The standard InChI is InChI=1S/C12H21N3O/c1-4-5-13-6-11-7-14-8-12(15-11)16-9-10(2)3/h7-8,10,13H,4-6,9H2,1-3H3.